The molecule has 2 atom stereocenters. The van der Waals surface area contributed by atoms with Crippen LogP contribution in [0.4, 0.5) is 0 Å². The monoisotopic (exact) mass is 418 g/mol. The predicted molar refractivity (Wildman–Crippen MR) is 104 cm³/mol. The first-order valence-corrected chi connectivity index (χ1v) is 10.8. The van der Waals surface area contributed by atoms with Gasteiger partial charge in [0.25, 0.3) is 0 Å². The summed E-state index contributed by atoms with van der Waals surface area (Å²) in [7, 11) is -2.16. The number of amides is 1. The number of nitrogens with zero attached hydrogens (tertiary/aromatic N) is 1. The van der Waals surface area contributed by atoms with Gasteiger partial charge in [-0.3, -0.25) is 4.79 Å². The van der Waals surface area contributed by atoms with Crippen molar-refractivity contribution in [2.75, 3.05) is 33.4 Å². The summed E-state index contributed by atoms with van der Waals surface area (Å²) in [6.45, 7) is 5.05. The van der Waals surface area contributed by atoms with Gasteiger partial charge < -0.3 is 14.8 Å². The van der Waals surface area contributed by atoms with Crippen molar-refractivity contribution in [2.45, 2.75) is 37.6 Å². The molecule has 0 spiro atoms. The van der Waals surface area contributed by atoms with Gasteiger partial charge in [0.2, 0.25) is 15.9 Å². The topological polar surface area (TPSA) is 84.9 Å². The second-order valence-electron chi connectivity index (χ2n) is 6.59. The zero-order valence-electron chi connectivity index (χ0n) is 15.9. The Morgan fingerprint density at radius 1 is 1.44 bits per heavy atom. The van der Waals surface area contributed by atoms with E-state index in [1.165, 1.54) is 16.4 Å². The summed E-state index contributed by atoms with van der Waals surface area (Å²) in [5.41, 5.74) is 0. The quantitative estimate of drug-likeness (QED) is 0.700. The van der Waals surface area contributed by atoms with Crippen LogP contribution < -0.4 is 10.1 Å². The Balaban J connectivity index is 2.12. The van der Waals surface area contributed by atoms with Gasteiger partial charge in [0.05, 0.1) is 29.0 Å². The molecular weight excluding hydrogens is 392 g/mol. The van der Waals surface area contributed by atoms with Crippen molar-refractivity contribution in [1.29, 1.82) is 0 Å². The lowest BCUT2D eigenvalue weighted by Crippen LogP contribution is -2.47. The summed E-state index contributed by atoms with van der Waals surface area (Å²) < 4.78 is 37.7. The van der Waals surface area contributed by atoms with E-state index in [4.69, 9.17) is 21.1 Å². The van der Waals surface area contributed by atoms with Crippen LogP contribution in [0.25, 0.3) is 0 Å². The molecule has 0 radical (unpaired) electrons. The molecule has 152 valence electrons. The average Bonchev–Trinajstić information content (AvgIpc) is 2.63. The number of carbonyl (C=O) groups is 1. The molecule has 7 nitrogen and oxygen atoms in total. The molecule has 1 heterocycles. The summed E-state index contributed by atoms with van der Waals surface area (Å²) in [6.07, 6.45) is 1.28. The Labute approximate surface area is 166 Å². The fourth-order valence-corrected chi connectivity index (χ4v) is 4.94. The maximum absolute atomic E-state index is 13.0. The van der Waals surface area contributed by atoms with Gasteiger partial charge in [0, 0.05) is 26.2 Å². The number of sulfonamides is 1. The molecule has 2 rings (SSSR count). The fraction of sp³-hybridized carbons (Fsp3) is 0.611. The van der Waals surface area contributed by atoms with Crippen LogP contribution in [0.3, 0.4) is 0 Å². The van der Waals surface area contributed by atoms with E-state index in [1.807, 2.05) is 13.8 Å². The minimum absolute atomic E-state index is 0.102. The molecule has 0 aliphatic carbocycles. The summed E-state index contributed by atoms with van der Waals surface area (Å²) in [4.78, 5) is 12.5. The van der Waals surface area contributed by atoms with Crippen LogP contribution in [0.1, 0.15) is 26.7 Å². The Morgan fingerprint density at radius 3 is 2.81 bits per heavy atom. The Bertz CT molecular complexity index is 756. The highest BCUT2D eigenvalue weighted by Crippen LogP contribution is 2.30. The first kappa shape index (κ1) is 21.9. The van der Waals surface area contributed by atoms with E-state index in [-0.39, 0.29) is 34.3 Å². The summed E-state index contributed by atoms with van der Waals surface area (Å²) >= 11 is 6.14. The highest BCUT2D eigenvalue weighted by molar-refractivity contribution is 7.89. The van der Waals surface area contributed by atoms with Gasteiger partial charge in [-0.1, -0.05) is 11.6 Å². The SMILES string of the molecule is CCOc1ccc(S(=O)(=O)N2CCCC(C(=O)NC(C)COC)C2)cc1Cl. The third-order valence-corrected chi connectivity index (χ3v) is 6.56. The minimum Gasteiger partial charge on any atom is -0.492 e. The second-order valence-corrected chi connectivity index (χ2v) is 8.94. The Kier molecular flexibility index (Phi) is 7.91. The molecule has 2 unspecified atom stereocenters. The van der Waals surface area contributed by atoms with E-state index < -0.39 is 10.0 Å². The van der Waals surface area contributed by atoms with Crippen LogP contribution in [0.15, 0.2) is 23.1 Å². The summed E-state index contributed by atoms with van der Waals surface area (Å²) in [5.74, 6) is -0.0867. The first-order valence-electron chi connectivity index (χ1n) is 9.01. The molecule has 1 saturated heterocycles. The fourth-order valence-electron chi connectivity index (χ4n) is 3.09. The van der Waals surface area contributed by atoms with Crippen LogP contribution in [-0.4, -0.2) is 58.1 Å². The summed E-state index contributed by atoms with van der Waals surface area (Å²) in [5, 5.41) is 3.12. The average molecular weight is 419 g/mol. The van der Waals surface area contributed by atoms with Gasteiger partial charge >= 0.3 is 0 Å². The number of methoxy groups -OCH3 is 1. The number of halogens is 1. The normalized spacial score (nSPS) is 19.5. The number of carbonyl (C=O) groups excluding carboxylic acids is 1. The van der Waals surface area contributed by atoms with Crippen LogP contribution in [0, 0.1) is 5.92 Å². The molecule has 0 bridgehead atoms. The lowest BCUT2D eigenvalue weighted by molar-refractivity contribution is -0.127. The molecule has 1 amide bonds. The molecule has 1 aromatic carbocycles. The Morgan fingerprint density at radius 2 is 2.19 bits per heavy atom. The molecule has 1 aromatic rings. The number of hydrogen-bond acceptors (Lipinski definition) is 5. The van der Waals surface area contributed by atoms with Gasteiger partial charge in [0.15, 0.2) is 0 Å². The highest BCUT2D eigenvalue weighted by atomic mass is 35.5. The maximum atomic E-state index is 13.0. The van der Waals surface area contributed by atoms with Crippen molar-refractivity contribution in [1.82, 2.24) is 9.62 Å². The van der Waals surface area contributed by atoms with Crippen LogP contribution >= 0.6 is 11.6 Å². The number of ether oxygens (including phenoxy) is 2. The third kappa shape index (κ3) is 5.57. The maximum Gasteiger partial charge on any atom is 0.243 e. The first-order chi connectivity index (χ1) is 12.8. The molecule has 1 N–H and O–H groups in total. The van der Waals surface area contributed by atoms with Crippen molar-refractivity contribution < 1.29 is 22.7 Å². The standard InChI is InChI=1S/C18H27ClN2O5S/c1-4-26-17-8-7-15(10-16(17)19)27(23,24)21-9-5-6-14(11-21)18(22)20-13(2)12-25-3/h7-8,10,13-14H,4-6,9,11-12H2,1-3H3,(H,20,22). The molecule has 1 aliphatic heterocycles. The van der Waals surface area contributed by atoms with Crippen molar-refractivity contribution in [3.8, 4) is 5.75 Å². The van der Waals surface area contributed by atoms with Crippen molar-refractivity contribution in [3.63, 3.8) is 0 Å². The van der Waals surface area contributed by atoms with Crippen LogP contribution in [-0.2, 0) is 19.6 Å². The molecule has 1 aliphatic rings. The van der Waals surface area contributed by atoms with Crippen LogP contribution in [0.5, 0.6) is 5.75 Å². The van der Waals surface area contributed by atoms with E-state index in [0.717, 1.165) is 0 Å². The third-order valence-electron chi connectivity index (χ3n) is 4.40. The van der Waals surface area contributed by atoms with Crippen LogP contribution in [0.2, 0.25) is 5.02 Å². The molecular formula is C18H27ClN2O5S. The molecule has 27 heavy (non-hydrogen) atoms. The summed E-state index contributed by atoms with van der Waals surface area (Å²) in [6, 6.07) is 4.31. The van der Waals surface area contributed by atoms with Gasteiger partial charge in [-0.25, -0.2) is 8.42 Å². The predicted octanol–water partition coefficient (Wildman–Crippen LogP) is 2.29. The molecule has 1 fully saturated rings. The Hall–Kier alpha value is -1.35. The van der Waals surface area contributed by atoms with E-state index in [1.54, 1.807) is 13.2 Å². The molecule has 0 saturated carbocycles. The molecule has 0 aromatic heterocycles. The smallest absolute Gasteiger partial charge is 0.243 e. The second kappa shape index (κ2) is 9.73. The lowest BCUT2D eigenvalue weighted by Gasteiger charge is -2.31. The van der Waals surface area contributed by atoms with E-state index >= 15 is 0 Å². The van der Waals surface area contributed by atoms with Crippen molar-refractivity contribution >= 4 is 27.5 Å². The highest BCUT2D eigenvalue weighted by Gasteiger charge is 2.34. The lowest BCUT2D eigenvalue weighted by atomic mass is 9.98. The van der Waals surface area contributed by atoms with E-state index in [9.17, 15) is 13.2 Å². The van der Waals surface area contributed by atoms with E-state index in [0.29, 0.717) is 38.3 Å². The molecule has 9 heteroatoms. The van der Waals surface area contributed by atoms with Gasteiger partial charge in [-0.05, 0) is 44.9 Å². The van der Waals surface area contributed by atoms with E-state index in [2.05, 4.69) is 5.32 Å². The van der Waals surface area contributed by atoms with Crippen molar-refractivity contribution in [2.24, 2.45) is 5.92 Å². The number of piperidine rings is 1. The van der Waals surface area contributed by atoms with Crippen molar-refractivity contribution in [3.05, 3.63) is 23.2 Å². The number of rotatable bonds is 8. The zero-order chi connectivity index (χ0) is 20.0. The minimum atomic E-state index is -3.73. The van der Waals surface area contributed by atoms with Gasteiger partial charge in [-0.15, -0.1) is 0 Å². The number of benzene rings is 1. The van der Waals surface area contributed by atoms with Gasteiger partial charge in [0.1, 0.15) is 5.75 Å². The number of hydrogen-bond donors (Lipinski definition) is 1. The largest absolute Gasteiger partial charge is 0.492 e. The number of nitrogens with one attached hydrogen (secondary N) is 1. The zero-order valence-corrected chi connectivity index (χ0v) is 17.5. The van der Waals surface area contributed by atoms with Gasteiger partial charge in [-0.2, -0.15) is 4.31 Å².